The van der Waals surface area contributed by atoms with Gasteiger partial charge in [0.25, 0.3) is 5.91 Å². The predicted octanol–water partition coefficient (Wildman–Crippen LogP) is 5.92. The van der Waals surface area contributed by atoms with Crippen LogP contribution >= 0.6 is 11.6 Å². The molecule has 1 amide bonds. The summed E-state index contributed by atoms with van der Waals surface area (Å²) in [6, 6.07) is 11.5. The average molecular weight is 657 g/mol. The second-order valence-corrected chi connectivity index (χ2v) is 15.9. The number of halogens is 1. The van der Waals surface area contributed by atoms with Gasteiger partial charge in [-0.25, -0.2) is 13.1 Å². The van der Waals surface area contributed by atoms with E-state index in [0.717, 1.165) is 55.9 Å². The molecule has 4 aliphatic rings. The molecule has 8 nitrogen and oxygen atoms in total. The summed E-state index contributed by atoms with van der Waals surface area (Å²) in [5.74, 6) is 0.779. The molecule has 10 heteroatoms. The van der Waals surface area contributed by atoms with Gasteiger partial charge in [-0.3, -0.25) is 4.79 Å². The van der Waals surface area contributed by atoms with Gasteiger partial charge in [0.15, 0.2) is 0 Å². The molecular formula is C35H45ClN2O6S. The lowest BCUT2D eigenvalue weighted by Gasteiger charge is -2.46. The third-order valence-electron chi connectivity index (χ3n) is 10.5. The minimum absolute atomic E-state index is 0.0315. The van der Waals surface area contributed by atoms with E-state index in [1.54, 1.807) is 20.3 Å². The molecule has 0 saturated heterocycles. The molecule has 2 aliphatic heterocycles. The average Bonchev–Trinajstić information content (AvgIpc) is 3.15. The van der Waals surface area contributed by atoms with Crippen molar-refractivity contribution in [3.63, 3.8) is 0 Å². The number of sulfonamides is 1. The number of nitrogens with zero attached hydrogens (tertiary/aromatic N) is 1. The zero-order valence-corrected chi connectivity index (χ0v) is 28.0. The number of fused-ring (bicyclic) bond motifs is 4. The van der Waals surface area contributed by atoms with Crippen LogP contribution in [-0.2, 0) is 31.3 Å². The van der Waals surface area contributed by atoms with Gasteiger partial charge >= 0.3 is 0 Å². The first-order valence-corrected chi connectivity index (χ1v) is 18.1. The molecule has 244 valence electrons. The van der Waals surface area contributed by atoms with Crippen molar-refractivity contribution in [1.82, 2.24) is 4.72 Å². The van der Waals surface area contributed by atoms with Gasteiger partial charge in [-0.2, -0.15) is 0 Å². The SMILES string of the molecule is COCC[C@H]1C[C@@H](C)/C=C\[C@H](OC)[C@@H]2CC[C@H]2CN2C[C@@]3(CCCc4cc(Cl)ccc43)COc3ccc(cc32)C(=O)NS1(=O)=O. The number of amides is 1. The van der Waals surface area contributed by atoms with Crippen LogP contribution in [0.2, 0.25) is 5.02 Å². The number of allylic oxidation sites excluding steroid dienone is 1. The molecule has 6 atom stereocenters. The zero-order valence-electron chi connectivity index (χ0n) is 26.5. The summed E-state index contributed by atoms with van der Waals surface area (Å²) in [6.45, 7) is 4.32. The Balaban J connectivity index is 1.42. The van der Waals surface area contributed by atoms with E-state index in [-0.39, 0.29) is 30.5 Å². The third kappa shape index (κ3) is 6.64. The number of nitrogens with one attached hydrogen (secondary N) is 1. The molecule has 6 rings (SSSR count). The Morgan fingerprint density at radius 2 is 1.98 bits per heavy atom. The number of hydrogen-bond donors (Lipinski definition) is 1. The summed E-state index contributed by atoms with van der Waals surface area (Å²) in [5, 5.41) is -0.0409. The Hall–Kier alpha value is -2.59. The van der Waals surface area contributed by atoms with Crippen LogP contribution in [0.15, 0.2) is 48.6 Å². The van der Waals surface area contributed by atoms with Crippen LogP contribution in [0.3, 0.4) is 0 Å². The van der Waals surface area contributed by atoms with E-state index in [4.69, 9.17) is 25.8 Å². The number of carbonyl (C=O) groups excluding carboxylic acids is 1. The number of hydrogen-bond acceptors (Lipinski definition) is 7. The lowest BCUT2D eigenvalue weighted by Crippen LogP contribution is -2.49. The fraction of sp³-hybridized carbons (Fsp3) is 0.571. The first-order valence-electron chi connectivity index (χ1n) is 16.2. The van der Waals surface area contributed by atoms with E-state index in [1.165, 1.54) is 11.1 Å². The number of ether oxygens (including phenoxy) is 3. The van der Waals surface area contributed by atoms with Crippen LogP contribution in [0.5, 0.6) is 5.75 Å². The van der Waals surface area contributed by atoms with Crippen LogP contribution < -0.4 is 14.4 Å². The highest BCUT2D eigenvalue weighted by Crippen LogP contribution is 2.47. The van der Waals surface area contributed by atoms with Gasteiger partial charge in [0, 0.05) is 49.9 Å². The molecule has 2 bridgehead atoms. The van der Waals surface area contributed by atoms with Crippen molar-refractivity contribution in [3.05, 3.63) is 70.3 Å². The van der Waals surface area contributed by atoms with Crippen LogP contribution in [-0.4, -0.2) is 66.2 Å². The minimum Gasteiger partial charge on any atom is -0.490 e. The Morgan fingerprint density at radius 1 is 1.13 bits per heavy atom. The van der Waals surface area contributed by atoms with E-state index in [2.05, 4.69) is 33.9 Å². The van der Waals surface area contributed by atoms with Crippen molar-refractivity contribution in [3.8, 4) is 5.75 Å². The molecule has 1 N–H and O–H groups in total. The first-order chi connectivity index (χ1) is 21.6. The van der Waals surface area contributed by atoms with Crippen LogP contribution in [0.4, 0.5) is 5.69 Å². The molecule has 0 aromatic heterocycles. The summed E-state index contributed by atoms with van der Waals surface area (Å²) in [4.78, 5) is 16.0. The summed E-state index contributed by atoms with van der Waals surface area (Å²) < 4.78 is 47.4. The topological polar surface area (TPSA) is 94.2 Å². The highest BCUT2D eigenvalue weighted by atomic mass is 35.5. The lowest BCUT2D eigenvalue weighted by atomic mass is 9.68. The van der Waals surface area contributed by atoms with Crippen molar-refractivity contribution < 1.29 is 27.4 Å². The summed E-state index contributed by atoms with van der Waals surface area (Å²) in [6.07, 6.45) is 9.96. The van der Waals surface area contributed by atoms with Gasteiger partial charge in [0.2, 0.25) is 10.0 Å². The van der Waals surface area contributed by atoms with Gasteiger partial charge in [0.1, 0.15) is 5.75 Å². The molecule has 1 spiro atoms. The second kappa shape index (κ2) is 13.3. The third-order valence-corrected chi connectivity index (χ3v) is 12.5. The van der Waals surface area contributed by atoms with E-state index < -0.39 is 21.2 Å². The Kier molecular flexibility index (Phi) is 9.53. The van der Waals surface area contributed by atoms with Crippen LogP contribution in [0, 0.1) is 17.8 Å². The fourth-order valence-corrected chi connectivity index (χ4v) is 9.60. The molecule has 0 radical (unpaired) electrons. The van der Waals surface area contributed by atoms with Gasteiger partial charge in [-0.15, -0.1) is 0 Å². The minimum atomic E-state index is -3.98. The molecule has 2 heterocycles. The largest absolute Gasteiger partial charge is 0.490 e. The summed E-state index contributed by atoms with van der Waals surface area (Å²) >= 11 is 6.42. The van der Waals surface area contributed by atoms with E-state index in [0.29, 0.717) is 36.2 Å². The zero-order chi connectivity index (χ0) is 31.8. The standard InChI is InChI=1S/C35H45ClN2O6S/c1-23-6-12-32(43-3)29-10-7-26(29)20-38-21-35(15-4-5-24-18-27(36)9-11-30(24)35)22-44-33-13-8-25(19-31(33)38)34(39)37-45(40,41)28(17-23)14-16-42-2/h6,8-9,11-13,18-19,23,26,28-29,32H,4-5,7,10,14-17,20-22H2,1-3H3,(H,37,39)/b12-6-/t23-,26-,28-,29+,32-,35-/m0/s1. The Bertz CT molecular complexity index is 1550. The maximum absolute atomic E-state index is 13.6. The maximum Gasteiger partial charge on any atom is 0.264 e. The predicted molar refractivity (Wildman–Crippen MR) is 177 cm³/mol. The maximum atomic E-state index is 13.6. The van der Waals surface area contributed by atoms with Gasteiger partial charge in [-0.05, 0) is 104 Å². The molecule has 1 saturated carbocycles. The van der Waals surface area contributed by atoms with Crippen molar-refractivity contribution in [1.29, 1.82) is 0 Å². The number of benzene rings is 2. The lowest BCUT2D eigenvalue weighted by molar-refractivity contribution is 0.0130. The smallest absolute Gasteiger partial charge is 0.264 e. The normalized spacial score (nSPS) is 31.9. The highest BCUT2D eigenvalue weighted by molar-refractivity contribution is 7.90. The highest BCUT2D eigenvalue weighted by Gasteiger charge is 2.44. The van der Waals surface area contributed by atoms with Crippen LogP contribution in [0.25, 0.3) is 0 Å². The molecule has 1 fully saturated rings. The Labute approximate surface area is 272 Å². The molecular weight excluding hydrogens is 612 g/mol. The number of anilines is 1. The van der Waals surface area contributed by atoms with Crippen molar-refractivity contribution in [2.24, 2.45) is 17.8 Å². The monoisotopic (exact) mass is 656 g/mol. The quantitative estimate of drug-likeness (QED) is 0.409. The molecule has 2 aliphatic carbocycles. The van der Waals surface area contributed by atoms with Crippen molar-refractivity contribution >= 4 is 33.2 Å². The number of carbonyl (C=O) groups is 1. The molecule has 2 aromatic rings. The van der Waals surface area contributed by atoms with Crippen molar-refractivity contribution in [2.45, 2.75) is 68.6 Å². The number of methoxy groups -OCH3 is 2. The van der Waals surface area contributed by atoms with Gasteiger partial charge < -0.3 is 19.1 Å². The van der Waals surface area contributed by atoms with Crippen LogP contribution in [0.1, 0.15) is 66.9 Å². The van der Waals surface area contributed by atoms with E-state index >= 15 is 0 Å². The van der Waals surface area contributed by atoms with Gasteiger partial charge in [-0.1, -0.05) is 36.7 Å². The summed E-state index contributed by atoms with van der Waals surface area (Å²) in [5.41, 5.74) is 3.42. The number of aryl methyl sites for hydroxylation is 1. The molecule has 45 heavy (non-hydrogen) atoms. The van der Waals surface area contributed by atoms with E-state index in [9.17, 15) is 13.2 Å². The van der Waals surface area contributed by atoms with E-state index in [1.807, 2.05) is 25.1 Å². The Morgan fingerprint density at radius 3 is 2.73 bits per heavy atom. The summed E-state index contributed by atoms with van der Waals surface area (Å²) in [7, 11) is -0.671. The number of rotatable bonds is 4. The second-order valence-electron chi connectivity index (χ2n) is 13.5. The molecule has 0 unspecified atom stereocenters. The fourth-order valence-electron chi connectivity index (χ4n) is 7.90. The first kappa shape index (κ1) is 32.4. The van der Waals surface area contributed by atoms with Crippen molar-refractivity contribution in [2.75, 3.05) is 45.4 Å². The molecule has 2 aromatic carbocycles. The van der Waals surface area contributed by atoms with Gasteiger partial charge in [0.05, 0.1) is 23.6 Å².